The lowest BCUT2D eigenvalue weighted by molar-refractivity contribution is 0.383. The second-order valence-corrected chi connectivity index (χ2v) is 4.03. The summed E-state index contributed by atoms with van der Waals surface area (Å²) in [4.78, 5) is 16.2. The Hall–Kier alpha value is 0.527. The topological polar surface area (TPSA) is 49.7 Å². The zero-order valence-corrected chi connectivity index (χ0v) is 6.47. The van der Waals surface area contributed by atoms with Crippen molar-refractivity contribution >= 4 is 18.4 Å². The van der Waals surface area contributed by atoms with Crippen LogP contribution in [-0.2, 0) is 4.21 Å². The summed E-state index contributed by atoms with van der Waals surface area (Å²) in [6, 6.07) is 0.958. The van der Waals surface area contributed by atoms with E-state index in [0.717, 1.165) is 6.04 Å². The van der Waals surface area contributed by atoms with Crippen LogP contribution in [0.5, 0.6) is 0 Å². The first kappa shape index (κ1) is 7.53. The molecule has 0 spiro atoms. The van der Waals surface area contributed by atoms with Crippen molar-refractivity contribution in [3.8, 4) is 0 Å². The monoisotopic (exact) mass is 140 g/mol. The van der Waals surface area contributed by atoms with E-state index in [0.29, 0.717) is 0 Å². The van der Waals surface area contributed by atoms with Crippen LogP contribution in [0.25, 0.3) is 0 Å². The van der Waals surface area contributed by atoms with Gasteiger partial charge in [-0.2, -0.15) is 0 Å². The third-order valence-corrected chi connectivity index (χ3v) is 2.47. The minimum atomic E-state index is -2.04. The summed E-state index contributed by atoms with van der Waals surface area (Å²) >= 11 is 0. The lowest BCUT2D eigenvalue weighted by Gasteiger charge is -1.98. The highest BCUT2D eigenvalue weighted by Gasteiger charge is 1.93. The Morgan fingerprint density at radius 2 is 2.29 bits per heavy atom. The van der Waals surface area contributed by atoms with Crippen LogP contribution in [0.3, 0.4) is 0 Å². The minimum absolute atomic E-state index is 0.597. The molecule has 0 aliphatic heterocycles. The second-order valence-electron chi connectivity index (χ2n) is 1.09. The van der Waals surface area contributed by atoms with Crippen LogP contribution >= 0.6 is 8.60 Å². The summed E-state index contributed by atoms with van der Waals surface area (Å²) in [5.41, 5.74) is 0. The van der Waals surface area contributed by atoms with Crippen LogP contribution in [0.2, 0.25) is 6.04 Å². The zero-order valence-electron chi connectivity index (χ0n) is 4.16. The van der Waals surface area contributed by atoms with Gasteiger partial charge in [-0.3, -0.25) is 0 Å². The van der Waals surface area contributed by atoms with Gasteiger partial charge in [0.25, 0.3) is 0 Å². The van der Waals surface area contributed by atoms with Gasteiger partial charge in [-0.25, -0.2) is 0 Å². The molecule has 0 unspecified atom stereocenters. The van der Waals surface area contributed by atoms with E-state index in [-0.39, 0.29) is 0 Å². The Labute approximate surface area is 46.3 Å². The van der Waals surface area contributed by atoms with Crippen molar-refractivity contribution in [3.63, 3.8) is 0 Å². The van der Waals surface area contributed by atoms with Gasteiger partial charge in [0.15, 0.2) is 9.76 Å². The van der Waals surface area contributed by atoms with E-state index in [9.17, 15) is 0 Å². The molecular weight excluding hydrogens is 131 g/mol. The predicted molar refractivity (Wildman–Crippen MR) is 31.5 cm³/mol. The first-order chi connectivity index (χ1) is 3.27. The lowest BCUT2D eigenvalue weighted by Crippen LogP contribution is -1.88. The van der Waals surface area contributed by atoms with Crippen LogP contribution in [0.15, 0.2) is 0 Å². The van der Waals surface area contributed by atoms with E-state index in [4.69, 9.17) is 9.79 Å². The molecule has 2 N–H and O–H groups in total. The maximum atomic E-state index is 8.12. The molecule has 0 amide bonds. The summed E-state index contributed by atoms with van der Waals surface area (Å²) in [6.07, 6.45) is 0. The van der Waals surface area contributed by atoms with Crippen molar-refractivity contribution in [2.24, 2.45) is 0 Å². The Morgan fingerprint density at radius 3 is 2.43 bits per heavy atom. The van der Waals surface area contributed by atoms with Crippen molar-refractivity contribution in [3.05, 3.63) is 0 Å². The summed E-state index contributed by atoms with van der Waals surface area (Å²) in [5, 5.41) is 0. The molecule has 0 aromatic heterocycles. The van der Waals surface area contributed by atoms with E-state index in [1.807, 2.05) is 6.92 Å². The summed E-state index contributed by atoms with van der Waals surface area (Å²) < 4.78 is 4.51. The Bertz CT molecular complexity index is 41.9. The third-order valence-electron chi connectivity index (χ3n) is 0.411. The first-order valence-electron chi connectivity index (χ1n) is 2.08. The van der Waals surface area contributed by atoms with Crippen LogP contribution in [0, 0.1) is 0 Å². The quantitative estimate of drug-likeness (QED) is 0.419. The Kier molecular flexibility index (Phi) is 5.03. The zero-order chi connectivity index (χ0) is 5.70. The highest BCUT2D eigenvalue weighted by atomic mass is 31.2. The number of rotatable bonds is 3. The first-order valence-corrected chi connectivity index (χ1v) is 4.82. The molecule has 0 aromatic carbocycles. The summed E-state index contributed by atoms with van der Waals surface area (Å²) in [5.74, 6) is 0. The summed E-state index contributed by atoms with van der Waals surface area (Å²) in [7, 11) is -2.64. The third kappa shape index (κ3) is 6.53. The largest absolute Gasteiger partial charge is 0.362 e. The fraction of sp³-hybridized carbons (Fsp3) is 1.00. The average Bonchev–Trinajstić information content (AvgIpc) is 1.61. The maximum Gasteiger partial charge on any atom is 0.315 e. The van der Waals surface area contributed by atoms with Gasteiger partial charge in [0.1, 0.15) is 0 Å². The molecule has 5 heteroatoms. The molecule has 3 nitrogen and oxygen atoms in total. The predicted octanol–water partition coefficient (Wildman–Crippen LogP) is -0.264. The standard InChI is InChI=1S/C2H9O3PSi/c1-2-7-5-6(3)4/h3-4H,2,7H2,1H3. The molecule has 0 rings (SSSR count). The second kappa shape index (κ2) is 4.68. The SMILES string of the molecule is CC[SiH2]OP(O)O. The van der Waals surface area contributed by atoms with Crippen molar-refractivity contribution in [1.82, 2.24) is 0 Å². The highest BCUT2D eigenvalue weighted by molar-refractivity contribution is 7.40. The van der Waals surface area contributed by atoms with Crippen LogP contribution < -0.4 is 0 Å². The van der Waals surface area contributed by atoms with Gasteiger partial charge >= 0.3 is 8.60 Å². The fourth-order valence-electron chi connectivity index (χ4n) is 0.173. The normalized spacial score (nSPS) is 12.0. The van der Waals surface area contributed by atoms with Gasteiger partial charge in [-0.15, -0.1) is 0 Å². The van der Waals surface area contributed by atoms with E-state index in [2.05, 4.69) is 4.21 Å². The molecule has 0 saturated heterocycles. The van der Waals surface area contributed by atoms with Gasteiger partial charge in [-0.1, -0.05) is 6.92 Å². The van der Waals surface area contributed by atoms with Crippen LogP contribution in [0.4, 0.5) is 0 Å². The minimum Gasteiger partial charge on any atom is -0.362 e. The molecule has 0 saturated carbocycles. The van der Waals surface area contributed by atoms with Crippen molar-refractivity contribution in [2.45, 2.75) is 13.0 Å². The van der Waals surface area contributed by atoms with Gasteiger partial charge in [-0.05, 0) is 6.04 Å². The van der Waals surface area contributed by atoms with Gasteiger partial charge in [0.2, 0.25) is 0 Å². The molecule has 0 aromatic rings. The molecule has 0 aliphatic carbocycles. The van der Waals surface area contributed by atoms with Crippen molar-refractivity contribution in [2.75, 3.05) is 0 Å². The van der Waals surface area contributed by atoms with Crippen LogP contribution in [0.1, 0.15) is 6.92 Å². The van der Waals surface area contributed by atoms with E-state index in [1.54, 1.807) is 0 Å². The molecule has 0 fully saturated rings. The number of hydrogen-bond donors (Lipinski definition) is 2. The Balaban J connectivity index is 2.68. The van der Waals surface area contributed by atoms with Crippen molar-refractivity contribution < 1.29 is 14.0 Å². The van der Waals surface area contributed by atoms with E-state index >= 15 is 0 Å². The molecule has 0 atom stereocenters. The fourth-order valence-corrected chi connectivity index (χ4v) is 1.56. The average molecular weight is 140 g/mol. The van der Waals surface area contributed by atoms with E-state index < -0.39 is 18.4 Å². The van der Waals surface area contributed by atoms with Crippen molar-refractivity contribution in [1.29, 1.82) is 0 Å². The molecular formula is C2H9O3PSi. The van der Waals surface area contributed by atoms with Crippen LogP contribution in [-0.4, -0.2) is 19.5 Å². The number of hydrogen-bond acceptors (Lipinski definition) is 3. The van der Waals surface area contributed by atoms with Gasteiger partial charge in [0, 0.05) is 0 Å². The molecule has 0 heterocycles. The van der Waals surface area contributed by atoms with E-state index in [1.165, 1.54) is 0 Å². The molecule has 0 radical (unpaired) electrons. The van der Waals surface area contributed by atoms with Gasteiger partial charge < -0.3 is 14.0 Å². The van der Waals surface area contributed by atoms with Gasteiger partial charge in [0.05, 0.1) is 0 Å². The maximum absolute atomic E-state index is 8.12. The smallest absolute Gasteiger partial charge is 0.315 e. The molecule has 44 valence electrons. The molecule has 0 aliphatic rings. The summed E-state index contributed by atoms with van der Waals surface area (Å²) in [6.45, 7) is 1.96. The molecule has 0 bridgehead atoms. The lowest BCUT2D eigenvalue weighted by atomic mass is 11.0. The highest BCUT2D eigenvalue weighted by Crippen LogP contribution is 2.22. The molecule has 7 heavy (non-hydrogen) atoms. The Morgan fingerprint density at radius 1 is 1.71 bits per heavy atom.